The molecule has 0 radical (unpaired) electrons. The smallest absolute Gasteiger partial charge is 0.246 e. The first kappa shape index (κ1) is 19.2. The molecule has 3 heterocycles. The van der Waals surface area contributed by atoms with Crippen LogP contribution in [0.5, 0.6) is 0 Å². The monoisotopic (exact) mass is 388 g/mol. The lowest BCUT2D eigenvalue weighted by molar-refractivity contribution is 0.575. The maximum atomic E-state index is 12.4. The topological polar surface area (TPSA) is 117 Å². The molecule has 0 bridgehead atoms. The summed E-state index contributed by atoms with van der Waals surface area (Å²) in [6.45, 7) is 4.62. The fourth-order valence-electron chi connectivity index (χ4n) is 3.08. The SMILES string of the molecule is CCCCc1nc2c(N)ncc(C)c2n1CCCS(=O)(=O)c1ncccn1. The number of sulfone groups is 1. The van der Waals surface area contributed by atoms with Crippen LogP contribution in [-0.4, -0.2) is 38.7 Å². The van der Waals surface area contributed by atoms with Gasteiger partial charge in [-0.2, -0.15) is 0 Å². The first-order chi connectivity index (χ1) is 12.9. The molecule has 27 heavy (non-hydrogen) atoms. The Morgan fingerprint density at radius 2 is 1.89 bits per heavy atom. The van der Waals surface area contributed by atoms with Crippen LogP contribution in [0.2, 0.25) is 0 Å². The number of aromatic nitrogens is 5. The third-order valence-corrected chi connectivity index (χ3v) is 6.02. The molecule has 0 spiro atoms. The molecular formula is C18H24N6O2S. The van der Waals surface area contributed by atoms with Gasteiger partial charge in [0.15, 0.2) is 5.82 Å². The van der Waals surface area contributed by atoms with Crippen LogP contribution in [0.15, 0.2) is 29.8 Å². The molecule has 0 aliphatic heterocycles. The quantitative estimate of drug-likeness (QED) is 0.588. The van der Waals surface area contributed by atoms with Gasteiger partial charge in [0.05, 0.1) is 11.3 Å². The van der Waals surface area contributed by atoms with Crippen LogP contribution in [0.25, 0.3) is 11.0 Å². The van der Waals surface area contributed by atoms with Crippen LogP contribution >= 0.6 is 0 Å². The molecule has 8 nitrogen and oxygen atoms in total. The molecule has 0 aliphatic rings. The molecule has 0 atom stereocenters. The second-order valence-corrected chi connectivity index (χ2v) is 8.51. The Morgan fingerprint density at radius 1 is 1.15 bits per heavy atom. The molecule has 0 aliphatic carbocycles. The highest BCUT2D eigenvalue weighted by atomic mass is 32.2. The molecule has 9 heteroatoms. The maximum absolute atomic E-state index is 12.4. The molecule has 0 unspecified atom stereocenters. The first-order valence-corrected chi connectivity index (χ1v) is 10.7. The Morgan fingerprint density at radius 3 is 2.59 bits per heavy atom. The summed E-state index contributed by atoms with van der Waals surface area (Å²) in [6.07, 6.45) is 7.91. The number of anilines is 1. The average Bonchev–Trinajstić information content (AvgIpc) is 3.03. The van der Waals surface area contributed by atoms with E-state index in [1.54, 1.807) is 12.3 Å². The summed E-state index contributed by atoms with van der Waals surface area (Å²) in [5, 5.41) is -0.128. The van der Waals surface area contributed by atoms with E-state index in [4.69, 9.17) is 5.73 Å². The van der Waals surface area contributed by atoms with Gasteiger partial charge in [0.25, 0.3) is 0 Å². The number of fused-ring (bicyclic) bond motifs is 1. The molecule has 0 amide bonds. The summed E-state index contributed by atoms with van der Waals surface area (Å²) in [6, 6.07) is 1.60. The van der Waals surface area contributed by atoms with E-state index in [9.17, 15) is 8.42 Å². The number of rotatable bonds is 8. The Kier molecular flexibility index (Phi) is 5.69. The van der Waals surface area contributed by atoms with Gasteiger partial charge in [-0.05, 0) is 31.4 Å². The predicted octanol–water partition coefficient (Wildman–Crippen LogP) is 2.32. The minimum absolute atomic E-state index is 0.0243. The lowest BCUT2D eigenvalue weighted by atomic mass is 10.2. The van der Waals surface area contributed by atoms with Crippen LogP contribution < -0.4 is 5.73 Å². The molecule has 2 N–H and O–H groups in total. The largest absolute Gasteiger partial charge is 0.382 e. The summed E-state index contributed by atoms with van der Waals surface area (Å²) in [7, 11) is -3.51. The number of imidazole rings is 1. The molecule has 0 aromatic carbocycles. The van der Waals surface area contributed by atoms with E-state index < -0.39 is 9.84 Å². The third-order valence-electron chi connectivity index (χ3n) is 4.43. The third kappa shape index (κ3) is 4.08. The number of hydrogen-bond acceptors (Lipinski definition) is 7. The highest BCUT2D eigenvalue weighted by Crippen LogP contribution is 2.25. The lowest BCUT2D eigenvalue weighted by Gasteiger charge is -2.10. The van der Waals surface area contributed by atoms with E-state index in [0.717, 1.165) is 36.2 Å². The average molecular weight is 388 g/mol. The van der Waals surface area contributed by atoms with E-state index in [2.05, 4.69) is 31.4 Å². The van der Waals surface area contributed by atoms with E-state index in [0.29, 0.717) is 24.3 Å². The van der Waals surface area contributed by atoms with E-state index in [1.807, 2.05) is 6.92 Å². The second kappa shape index (κ2) is 7.99. The van der Waals surface area contributed by atoms with Gasteiger partial charge in [0.2, 0.25) is 15.0 Å². The normalized spacial score (nSPS) is 11.9. The summed E-state index contributed by atoms with van der Waals surface area (Å²) in [5.41, 5.74) is 8.61. The molecule has 3 aromatic heterocycles. The van der Waals surface area contributed by atoms with Crippen molar-refractivity contribution in [2.45, 2.75) is 51.2 Å². The summed E-state index contributed by atoms with van der Waals surface area (Å²) in [5.74, 6) is 1.30. The number of nitrogen functional groups attached to an aromatic ring is 1. The molecular weight excluding hydrogens is 364 g/mol. The van der Waals surface area contributed by atoms with Crippen molar-refractivity contribution in [1.82, 2.24) is 24.5 Å². The molecule has 144 valence electrons. The molecule has 0 fully saturated rings. The molecule has 0 saturated carbocycles. The van der Waals surface area contributed by atoms with E-state index in [1.165, 1.54) is 12.4 Å². The number of hydrogen-bond donors (Lipinski definition) is 1. The van der Waals surface area contributed by atoms with Crippen LogP contribution in [-0.2, 0) is 22.8 Å². The zero-order valence-corrected chi connectivity index (χ0v) is 16.4. The van der Waals surface area contributed by atoms with Crippen molar-refractivity contribution in [1.29, 1.82) is 0 Å². The van der Waals surface area contributed by atoms with Crippen molar-refractivity contribution >= 4 is 26.7 Å². The predicted molar refractivity (Wildman–Crippen MR) is 104 cm³/mol. The van der Waals surface area contributed by atoms with Gasteiger partial charge in [-0.15, -0.1) is 0 Å². The Balaban J connectivity index is 1.86. The van der Waals surface area contributed by atoms with E-state index >= 15 is 0 Å². The highest BCUT2D eigenvalue weighted by Gasteiger charge is 2.19. The zero-order chi connectivity index (χ0) is 19.4. The Bertz CT molecular complexity index is 1030. The van der Waals surface area contributed by atoms with Gasteiger partial charge in [-0.25, -0.2) is 28.4 Å². The number of aryl methyl sites for hydroxylation is 3. The first-order valence-electron chi connectivity index (χ1n) is 9.04. The highest BCUT2D eigenvalue weighted by molar-refractivity contribution is 7.91. The fourth-order valence-corrected chi connectivity index (χ4v) is 4.22. The standard InChI is InChI=1S/C18H24N6O2S/c1-3-4-7-14-23-15-16(13(2)12-22-17(15)19)24(14)10-6-11-27(25,26)18-20-8-5-9-21-18/h5,8-9,12H,3-4,6-7,10-11H2,1-2H3,(H2,19,22). The second-order valence-electron chi connectivity index (χ2n) is 6.51. The zero-order valence-electron chi connectivity index (χ0n) is 15.6. The summed E-state index contributed by atoms with van der Waals surface area (Å²) >= 11 is 0. The van der Waals surface area contributed by atoms with E-state index in [-0.39, 0.29) is 10.9 Å². The van der Waals surface area contributed by atoms with Crippen molar-refractivity contribution < 1.29 is 8.42 Å². The molecule has 0 saturated heterocycles. The number of nitrogens with zero attached hydrogens (tertiary/aromatic N) is 5. The summed E-state index contributed by atoms with van der Waals surface area (Å²) < 4.78 is 26.9. The Hall–Kier alpha value is -2.55. The van der Waals surface area contributed by atoms with Gasteiger partial charge >= 0.3 is 0 Å². The number of unbranched alkanes of at least 4 members (excludes halogenated alkanes) is 1. The fraction of sp³-hybridized carbons (Fsp3) is 0.444. The van der Waals surface area contributed by atoms with Gasteiger partial charge in [-0.1, -0.05) is 13.3 Å². The van der Waals surface area contributed by atoms with Crippen LogP contribution in [0.3, 0.4) is 0 Å². The number of pyridine rings is 1. The van der Waals surface area contributed by atoms with Gasteiger partial charge in [-0.3, -0.25) is 0 Å². The van der Waals surface area contributed by atoms with Crippen molar-refractivity contribution in [3.05, 3.63) is 36.0 Å². The van der Waals surface area contributed by atoms with Gasteiger partial charge in [0.1, 0.15) is 11.3 Å². The lowest BCUT2D eigenvalue weighted by Crippen LogP contribution is -2.14. The molecule has 3 rings (SSSR count). The summed E-state index contributed by atoms with van der Waals surface area (Å²) in [4.78, 5) is 16.6. The van der Waals surface area contributed by atoms with Crippen molar-refractivity contribution in [3.8, 4) is 0 Å². The van der Waals surface area contributed by atoms with Crippen molar-refractivity contribution in [3.63, 3.8) is 0 Å². The number of nitrogens with two attached hydrogens (primary N) is 1. The van der Waals surface area contributed by atoms with Gasteiger partial charge in [0, 0.05) is 31.6 Å². The van der Waals surface area contributed by atoms with Crippen LogP contribution in [0.1, 0.15) is 37.6 Å². The van der Waals surface area contributed by atoms with Crippen molar-refractivity contribution in [2.24, 2.45) is 0 Å². The Labute approximate surface area is 158 Å². The maximum Gasteiger partial charge on any atom is 0.246 e. The molecule has 3 aromatic rings. The van der Waals surface area contributed by atoms with Crippen molar-refractivity contribution in [2.75, 3.05) is 11.5 Å². The minimum Gasteiger partial charge on any atom is -0.382 e. The minimum atomic E-state index is -3.51. The van der Waals surface area contributed by atoms with Crippen LogP contribution in [0, 0.1) is 6.92 Å². The van der Waals surface area contributed by atoms with Crippen LogP contribution in [0.4, 0.5) is 5.82 Å². The van der Waals surface area contributed by atoms with Gasteiger partial charge < -0.3 is 10.3 Å².